The number of carbonyl (C=O) groups is 1. The van der Waals surface area contributed by atoms with Gasteiger partial charge in [-0.2, -0.15) is 0 Å². The van der Waals surface area contributed by atoms with Crippen LogP contribution in [0.25, 0.3) is 22.2 Å². The largest absolute Gasteiger partial charge is 0.311 e. The third-order valence-corrected chi connectivity index (χ3v) is 5.85. The van der Waals surface area contributed by atoms with Crippen LogP contribution in [-0.2, 0) is 11.3 Å². The number of hydrogen-bond acceptors (Lipinski definition) is 4. The first-order valence-electron chi connectivity index (χ1n) is 10.4. The van der Waals surface area contributed by atoms with E-state index in [1.165, 1.54) is 19.3 Å². The molecule has 1 saturated carbocycles. The number of hydrogen-bond donors (Lipinski definition) is 0. The van der Waals surface area contributed by atoms with Crippen LogP contribution < -0.4 is 4.90 Å². The molecule has 2 aromatic carbocycles. The Labute approximate surface area is 175 Å². The van der Waals surface area contributed by atoms with Crippen LogP contribution in [0.15, 0.2) is 73.1 Å². The molecule has 6 nitrogen and oxygen atoms in total. The van der Waals surface area contributed by atoms with E-state index in [4.69, 9.17) is 0 Å². The Bertz CT molecular complexity index is 1150. The topological polar surface area (TPSA) is 63.9 Å². The SMILES string of the molecule is O=C(Cn1nnc2ccccc21)N(CC1CCC1)c1ccc(-c2cccnc2)cc1. The summed E-state index contributed by atoms with van der Waals surface area (Å²) in [6, 6.07) is 19.8. The van der Waals surface area contributed by atoms with Gasteiger partial charge in [-0.3, -0.25) is 9.78 Å². The van der Waals surface area contributed by atoms with Crippen molar-refractivity contribution >= 4 is 22.6 Å². The van der Waals surface area contributed by atoms with Gasteiger partial charge in [-0.1, -0.05) is 42.0 Å². The molecular formula is C24H23N5O. The van der Waals surface area contributed by atoms with Crippen LogP contribution in [0.2, 0.25) is 0 Å². The van der Waals surface area contributed by atoms with Gasteiger partial charge in [-0.15, -0.1) is 5.10 Å². The zero-order valence-corrected chi connectivity index (χ0v) is 16.7. The molecule has 0 spiro atoms. The van der Waals surface area contributed by atoms with E-state index in [0.29, 0.717) is 5.92 Å². The Morgan fingerprint density at radius 2 is 1.83 bits per heavy atom. The molecule has 6 heteroatoms. The van der Waals surface area contributed by atoms with Crippen molar-refractivity contribution in [1.29, 1.82) is 0 Å². The highest BCUT2D eigenvalue weighted by Crippen LogP contribution is 2.30. The Kier molecular flexibility index (Phi) is 4.97. The second-order valence-electron chi connectivity index (χ2n) is 7.83. The van der Waals surface area contributed by atoms with E-state index < -0.39 is 0 Å². The first kappa shape index (κ1) is 18.5. The molecular weight excluding hydrogens is 374 g/mol. The van der Waals surface area contributed by atoms with Crippen molar-refractivity contribution in [3.05, 3.63) is 73.1 Å². The van der Waals surface area contributed by atoms with Crippen molar-refractivity contribution in [1.82, 2.24) is 20.0 Å². The van der Waals surface area contributed by atoms with Crippen LogP contribution in [0, 0.1) is 5.92 Å². The number of aromatic nitrogens is 4. The van der Waals surface area contributed by atoms with E-state index in [0.717, 1.165) is 34.4 Å². The number of pyridine rings is 1. The van der Waals surface area contributed by atoms with E-state index in [9.17, 15) is 4.79 Å². The zero-order valence-electron chi connectivity index (χ0n) is 16.7. The smallest absolute Gasteiger partial charge is 0.248 e. The molecule has 2 heterocycles. The molecule has 1 amide bonds. The Morgan fingerprint density at radius 3 is 2.57 bits per heavy atom. The van der Waals surface area contributed by atoms with Gasteiger partial charge >= 0.3 is 0 Å². The van der Waals surface area contributed by atoms with Gasteiger partial charge in [0, 0.05) is 24.6 Å². The maximum Gasteiger partial charge on any atom is 0.248 e. The second-order valence-corrected chi connectivity index (χ2v) is 7.83. The molecule has 5 rings (SSSR count). The van der Waals surface area contributed by atoms with Gasteiger partial charge in [0.05, 0.1) is 5.52 Å². The summed E-state index contributed by atoms with van der Waals surface area (Å²) < 4.78 is 1.69. The predicted octanol–water partition coefficient (Wildman–Crippen LogP) is 4.33. The molecule has 150 valence electrons. The van der Waals surface area contributed by atoms with E-state index in [2.05, 4.69) is 27.4 Å². The summed E-state index contributed by atoms with van der Waals surface area (Å²) in [6.07, 6.45) is 7.24. The quantitative estimate of drug-likeness (QED) is 0.486. The number of benzene rings is 2. The number of anilines is 1. The lowest BCUT2D eigenvalue weighted by molar-refractivity contribution is -0.119. The van der Waals surface area contributed by atoms with Crippen LogP contribution in [0.1, 0.15) is 19.3 Å². The third-order valence-electron chi connectivity index (χ3n) is 5.85. The van der Waals surface area contributed by atoms with Crippen LogP contribution in [0.4, 0.5) is 5.69 Å². The summed E-state index contributed by atoms with van der Waals surface area (Å²) >= 11 is 0. The number of carbonyl (C=O) groups excluding carboxylic acids is 1. The number of rotatable bonds is 6. The van der Waals surface area contributed by atoms with Crippen LogP contribution in [0.3, 0.4) is 0 Å². The first-order chi connectivity index (χ1) is 14.8. The van der Waals surface area contributed by atoms with Crippen LogP contribution in [0.5, 0.6) is 0 Å². The van der Waals surface area contributed by atoms with Crippen molar-refractivity contribution in [2.75, 3.05) is 11.4 Å². The summed E-state index contributed by atoms with van der Waals surface area (Å²) in [7, 11) is 0. The Hall–Kier alpha value is -3.54. The van der Waals surface area contributed by atoms with Gasteiger partial charge in [-0.05, 0) is 60.2 Å². The lowest BCUT2D eigenvalue weighted by Crippen LogP contribution is -2.39. The average Bonchev–Trinajstić information content (AvgIpc) is 3.17. The number of nitrogens with zero attached hydrogens (tertiary/aromatic N) is 5. The first-order valence-corrected chi connectivity index (χ1v) is 10.4. The van der Waals surface area contributed by atoms with Gasteiger partial charge in [0.2, 0.25) is 5.91 Å². The van der Waals surface area contributed by atoms with Gasteiger partial charge in [0.1, 0.15) is 12.1 Å². The van der Waals surface area contributed by atoms with Crippen molar-refractivity contribution in [2.45, 2.75) is 25.8 Å². The van der Waals surface area contributed by atoms with Crippen LogP contribution in [-0.4, -0.2) is 32.4 Å². The minimum atomic E-state index is 0.0340. The van der Waals surface area contributed by atoms with Gasteiger partial charge in [0.15, 0.2) is 0 Å². The fraction of sp³-hybridized carbons (Fsp3) is 0.250. The minimum absolute atomic E-state index is 0.0340. The molecule has 0 atom stereocenters. The lowest BCUT2D eigenvalue weighted by atomic mass is 9.85. The fourth-order valence-corrected chi connectivity index (χ4v) is 3.90. The van der Waals surface area contributed by atoms with Crippen molar-refractivity contribution in [3.8, 4) is 11.1 Å². The van der Waals surface area contributed by atoms with E-state index in [1.54, 1.807) is 10.9 Å². The van der Waals surface area contributed by atoms with E-state index >= 15 is 0 Å². The van der Waals surface area contributed by atoms with Crippen molar-refractivity contribution in [3.63, 3.8) is 0 Å². The molecule has 1 aliphatic carbocycles. The summed E-state index contributed by atoms with van der Waals surface area (Å²) in [5, 5.41) is 8.36. The number of para-hydroxylation sites is 1. The summed E-state index contributed by atoms with van der Waals surface area (Å²) in [6.45, 7) is 0.926. The number of amides is 1. The molecule has 2 aromatic heterocycles. The molecule has 0 bridgehead atoms. The molecule has 0 N–H and O–H groups in total. The summed E-state index contributed by atoms with van der Waals surface area (Å²) in [5.41, 5.74) is 4.75. The zero-order chi connectivity index (χ0) is 20.3. The predicted molar refractivity (Wildman–Crippen MR) is 117 cm³/mol. The Morgan fingerprint density at radius 1 is 1.00 bits per heavy atom. The van der Waals surface area contributed by atoms with E-state index in [-0.39, 0.29) is 12.5 Å². The molecule has 0 unspecified atom stereocenters. The Balaban J connectivity index is 1.40. The normalized spacial score (nSPS) is 13.9. The molecule has 0 radical (unpaired) electrons. The highest BCUT2D eigenvalue weighted by molar-refractivity contribution is 5.94. The molecule has 30 heavy (non-hydrogen) atoms. The van der Waals surface area contributed by atoms with E-state index in [1.807, 2.05) is 59.6 Å². The minimum Gasteiger partial charge on any atom is -0.311 e. The standard InChI is InChI=1S/C24H23N5O/c30-24(17-29-23-9-2-1-8-22(23)26-27-29)28(16-18-5-3-6-18)21-12-10-19(11-13-21)20-7-4-14-25-15-20/h1-2,4,7-15,18H,3,5-6,16-17H2. The summed E-state index contributed by atoms with van der Waals surface area (Å²) in [5.74, 6) is 0.603. The van der Waals surface area contributed by atoms with Crippen molar-refractivity contribution < 1.29 is 4.79 Å². The maximum absolute atomic E-state index is 13.3. The van der Waals surface area contributed by atoms with Gasteiger partial charge in [-0.25, -0.2) is 4.68 Å². The monoisotopic (exact) mass is 397 g/mol. The second kappa shape index (κ2) is 8.06. The molecule has 1 aliphatic rings. The average molecular weight is 397 g/mol. The third kappa shape index (κ3) is 3.68. The molecule has 1 fully saturated rings. The molecule has 0 saturated heterocycles. The fourth-order valence-electron chi connectivity index (χ4n) is 3.90. The highest BCUT2D eigenvalue weighted by Gasteiger charge is 2.25. The lowest BCUT2D eigenvalue weighted by Gasteiger charge is -2.32. The molecule has 4 aromatic rings. The highest BCUT2D eigenvalue weighted by atomic mass is 16.2. The molecule has 0 aliphatic heterocycles. The van der Waals surface area contributed by atoms with Crippen molar-refractivity contribution in [2.24, 2.45) is 5.92 Å². The summed E-state index contributed by atoms with van der Waals surface area (Å²) in [4.78, 5) is 19.4. The maximum atomic E-state index is 13.3. The van der Waals surface area contributed by atoms with Gasteiger partial charge < -0.3 is 4.90 Å². The van der Waals surface area contributed by atoms with Crippen LogP contribution >= 0.6 is 0 Å². The number of fused-ring (bicyclic) bond motifs is 1. The van der Waals surface area contributed by atoms with Gasteiger partial charge in [0.25, 0.3) is 0 Å².